The van der Waals surface area contributed by atoms with Crippen molar-refractivity contribution in [3.8, 4) is 11.3 Å². The molecule has 0 aliphatic carbocycles. The molecule has 2 heterocycles. The van der Waals surface area contributed by atoms with E-state index in [2.05, 4.69) is 20.3 Å². The lowest BCUT2D eigenvalue weighted by molar-refractivity contribution is -0.117. The van der Waals surface area contributed by atoms with E-state index in [9.17, 15) is 4.79 Å². The summed E-state index contributed by atoms with van der Waals surface area (Å²) in [6.07, 6.45) is 0. The molecule has 152 valence electrons. The number of benzene rings is 3. The summed E-state index contributed by atoms with van der Waals surface area (Å²) in [6, 6.07) is 21.3. The van der Waals surface area contributed by atoms with Crippen LogP contribution in [-0.2, 0) is 4.79 Å². The van der Waals surface area contributed by atoms with Crippen LogP contribution in [0.25, 0.3) is 22.0 Å². The lowest BCUT2D eigenvalue weighted by atomic mass is 10.1. The van der Waals surface area contributed by atoms with Crippen LogP contribution in [0.1, 0.15) is 12.5 Å². The van der Waals surface area contributed by atoms with E-state index in [4.69, 9.17) is 0 Å². The SMILES string of the molecule is CC1=NN(c2nc(-c3ccc(C)cc3)cs2)C(=O)[C@@H]1N=Nc1ccc2ccccc2c1. The molecule has 0 unspecified atom stereocenters. The second-order valence-corrected chi connectivity index (χ2v) is 8.26. The standard InChI is InChI=1S/C24H19N5OS/c1-15-7-9-18(10-8-15)21-14-31-24(25-21)29-23(30)22(16(2)28-29)27-26-20-12-11-17-5-3-4-6-19(17)13-20/h3-14,22H,1-2H3/t22-/m1/s1. The number of aryl methyl sites for hydroxylation is 1. The largest absolute Gasteiger partial charge is 0.282 e. The van der Waals surface area contributed by atoms with Gasteiger partial charge in [0.1, 0.15) is 0 Å². The van der Waals surface area contributed by atoms with Crippen LogP contribution in [-0.4, -0.2) is 22.6 Å². The molecule has 0 radical (unpaired) electrons. The van der Waals surface area contributed by atoms with E-state index in [0.29, 0.717) is 16.5 Å². The molecule has 4 aromatic rings. The number of hydrogen-bond acceptors (Lipinski definition) is 6. The number of hydrogen-bond donors (Lipinski definition) is 0. The van der Waals surface area contributed by atoms with Crippen molar-refractivity contribution >= 4 is 44.5 Å². The van der Waals surface area contributed by atoms with Gasteiger partial charge in [0.05, 0.1) is 17.1 Å². The maximum absolute atomic E-state index is 13.0. The molecule has 1 aliphatic heterocycles. The third kappa shape index (κ3) is 3.75. The molecule has 7 heteroatoms. The van der Waals surface area contributed by atoms with Crippen LogP contribution in [0.3, 0.4) is 0 Å². The fraction of sp³-hybridized carbons (Fsp3) is 0.125. The molecule has 1 atom stereocenters. The normalized spacial score (nSPS) is 16.5. The molecule has 1 aromatic heterocycles. The van der Waals surface area contributed by atoms with Crippen molar-refractivity contribution in [2.75, 3.05) is 5.01 Å². The van der Waals surface area contributed by atoms with Gasteiger partial charge in [-0.05, 0) is 36.8 Å². The van der Waals surface area contributed by atoms with E-state index in [1.807, 2.05) is 79.0 Å². The van der Waals surface area contributed by atoms with Crippen LogP contribution < -0.4 is 5.01 Å². The molecule has 6 nitrogen and oxygen atoms in total. The number of thiazole rings is 1. The fourth-order valence-corrected chi connectivity index (χ4v) is 4.20. The Morgan fingerprint density at radius 2 is 1.74 bits per heavy atom. The Bertz CT molecular complexity index is 1340. The molecule has 1 amide bonds. The van der Waals surface area contributed by atoms with E-state index < -0.39 is 6.04 Å². The van der Waals surface area contributed by atoms with E-state index in [1.54, 1.807) is 6.92 Å². The van der Waals surface area contributed by atoms with Crippen LogP contribution >= 0.6 is 11.3 Å². The van der Waals surface area contributed by atoms with Gasteiger partial charge < -0.3 is 0 Å². The number of anilines is 1. The molecule has 0 saturated carbocycles. The van der Waals surface area contributed by atoms with Crippen LogP contribution in [0.4, 0.5) is 10.8 Å². The molecule has 5 rings (SSSR count). The predicted molar refractivity (Wildman–Crippen MR) is 125 cm³/mol. The highest BCUT2D eigenvalue weighted by Crippen LogP contribution is 2.31. The molecule has 31 heavy (non-hydrogen) atoms. The minimum Gasteiger partial charge on any atom is -0.269 e. The van der Waals surface area contributed by atoms with E-state index in [0.717, 1.165) is 22.0 Å². The van der Waals surface area contributed by atoms with Crippen LogP contribution in [0, 0.1) is 6.92 Å². The third-order valence-electron chi connectivity index (χ3n) is 5.14. The summed E-state index contributed by atoms with van der Waals surface area (Å²) in [5, 5.41) is 19.0. The molecule has 0 bridgehead atoms. The number of rotatable bonds is 4. The van der Waals surface area contributed by atoms with Crippen molar-refractivity contribution in [1.82, 2.24) is 4.98 Å². The van der Waals surface area contributed by atoms with Crippen LogP contribution in [0.15, 0.2) is 87.4 Å². The Hall–Kier alpha value is -3.71. The van der Waals surface area contributed by atoms with Gasteiger partial charge >= 0.3 is 0 Å². The van der Waals surface area contributed by atoms with Crippen molar-refractivity contribution in [3.05, 3.63) is 77.7 Å². The van der Waals surface area contributed by atoms with Gasteiger partial charge in [0.2, 0.25) is 5.13 Å². The molecule has 0 fully saturated rings. The topological polar surface area (TPSA) is 70.3 Å². The number of carbonyl (C=O) groups is 1. The zero-order chi connectivity index (χ0) is 21.4. The average Bonchev–Trinajstić information content (AvgIpc) is 3.37. The summed E-state index contributed by atoms with van der Waals surface area (Å²) < 4.78 is 0. The van der Waals surface area contributed by atoms with Crippen molar-refractivity contribution in [1.29, 1.82) is 0 Å². The summed E-state index contributed by atoms with van der Waals surface area (Å²) >= 11 is 1.38. The first-order valence-electron chi connectivity index (χ1n) is 9.90. The summed E-state index contributed by atoms with van der Waals surface area (Å²) in [7, 11) is 0. The Morgan fingerprint density at radius 1 is 0.968 bits per heavy atom. The van der Waals surface area contributed by atoms with Crippen LogP contribution in [0.2, 0.25) is 0 Å². The number of carbonyl (C=O) groups excluding carboxylic acids is 1. The minimum absolute atomic E-state index is 0.244. The highest BCUT2D eigenvalue weighted by atomic mass is 32.1. The highest BCUT2D eigenvalue weighted by molar-refractivity contribution is 7.14. The fourth-order valence-electron chi connectivity index (χ4n) is 3.41. The van der Waals surface area contributed by atoms with Gasteiger partial charge in [-0.25, -0.2) is 4.98 Å². The molecule has 0 spiro atoms. The van der Waals surface area contributed by atoms with Gasteiger partial charge in [-0.1, -0.05) is 60.2 Å². The highest BCUT2D eigenvalue weighted by Gasteiger charge is 2.36. The lowest BCUT2D eigenvalue weighted by Crippen LogP contribution is -2.29. The third-order valence-corrected chi connectivity index (χ3v) is 5.95. The molecule has 1 aliphatic rings. The Kier molecular flexibility index (Phi) is 4.88. The molecule has 0 saturated heterocycles. The lowest BCUT2D eigenvalue weighted by Gasteiger charge is -2.08. The second-order valence-electron chi connectivity index (χ2n) is 7.42. The number of hydrazone groups is 1. The van der Waals surface area contributed by atoms with Gasteiger partial charge in [0.15, 0.2) is 6.04 Å². The summed E-state index contributed by atoms with van der Waals surface area (Å²) in [6.45, 7) is 3.83. The molecule has 3 aromatic carbocycles. The zero-order valence-corrected chi connectivity index (χ0v) is 17.9. The van der Waals surface area contributed by atoms with Gasteiger partial charge in [-0.15, -0.1) is 11.3 Å². The second kappa shape index (κ2) is 7.85. The number of nitrogens with zero attached hydrogens (tertiary/aromatic N) is 5. The minimum atomic E-state index is -0.738. The van der Waals surface area contributed by atoms with E-state index >= 15 is 0 Å². The molecular weight excluding hydrogens is 406 g/mol. The smallest absolute Gasteiger partial charge is 0.269 e. The maximum atomic E-state index is 13.0. The number of fused-ring (bicyclic) bond motifs is 1. The summed E-state index contributed by atoms with van der Waals surface area (Å²) in [4.78, 5) is 17.6. The first kappa shape index (κ1) is 19.3. The number of aromatic nitrogens is 1. The van der Waals surface area contributed by atoms with Crippen molar-refractivity contribution in [2.45, 2.75) is 19.9 Å². The van der Waals surface area contributed by atoms with Crippen molar-refractivity contribution in [2.24, 2.45) is 15.3 Å². The average molecular weight is 426 g/mol. The van der Waals surface area contributed by atoms with Gasteiger partial charge in [-0.2, -0.15) is 20.3 Å². The zero-order valence-electron chi connectivity index (χ0n) is 17.1. The quantitative estimate of drug-likeness (QED) is 0.368. The van der Waals surface area contributed by atoms with Gasteiger partial charge in [0, 0.05) is 10.9 Å². The monoisotopic (exact) mass is 425 g/mol. The Labute approximate surface area is 183 Å². The number of azo groups is 1. The van der Waals surface area contributed by atoms with Gasteiger partial charge in [0.25, 0.3) is 5.91 Å². The Balaban J connectivity index is 1.36. The molecule has 0 N–H and O–H groups in total. The van der Waals surface area contributed by atoms with Crippen LogP contribution in [0.5, 0.6) is 0 Å². The first-order chi connectivity index (χ1) is 15.1. The first-order valence-corrected chi connectivity index (χ1v) is 10.8. The summed E-state index contributed by atoms with van der Waals surface area (Å²) in [5.41, 5.74) is 4.32. The maximum Gasteiger partial charge on any atom is 0.282 e. The van der Waals surface area contributed by atoms with Gasteiger partial charge in [-0.3, -0.25) is 4.79 Å². The van der Waals surface area contributed by atoms with Crippen molar-refractivity contribution < 1.29 is 4.79 Å². The summed E-state index contributed by atoms with van der Waals surface area (Å²) in [5.74, 6) is -0.244. The number of amides is 1. The van der Waals surface area contributed by atoms with Crippen molar-refractivity contribution in [3.63, 3.8) is 0 Å². The van der Waals surface area contributed by atoms with E-state index in [1.165, 1.54) is 21.9 Å². The predicted octanol–water partition coefficient (Wildman–Crippen LogP) is 6.15. The molecular formula is C24H19N5OS. The Morgan fingerprint density at radius 3 is 2.55 bits per heavy atom. The van der Waals surface area contributed by atoms with E-state index in [-0.39, 0.29) is 5.91 Å².